The molecular formula is C36H32BN. The molecule has 7 rings (SSSR count). The minimum absolute atomic E-state index is 0.0408. The van der Waals surface area contributed by atoms with E-state index in [2.05, 4.69) is 150 Å². The Morgan fingerprint density at radius 2 is 0.895 bits per heavy atom. The SMILES string of the molecule is Bc1ccccc1N(c1ccc2c(c1)C(C)(C)c1ccccc1-2)c1ccc2c(c1)C(C)(C)c1ccccc1-2. The fourth-order valence-corrected chi connectivity index (χ4v) is 6.90. The van der Waals surface area contributed by atoms with Gasteiger partial charge in [-0.15, -0.1) is 0 Å². The van der Waals surface area contributed by atoms with Crippen LogP contribution in [-0.4, -0.2) is 7.85 Å². The Balaban J connectivity index is 1.43. The average Bonchev–Trinajstić information content (AvgIpc) is 3.30. The summed E-state index contributed by atoms with van der Waals surface area (Å²) in [4.78, 5) is 2.45. The lowest BCUT2D eigenvalue weighted by Crippen LogP contribution is -2.21. The second-order valence-corrected chi connectivity index (χ2v) is 11.9. The van der Waals surface area contributed by atoms with E-state index in [0.717, 1.165) is 0 Å². The van der Waals surface area contributed by atoms with Crippen LogP contribution in [0.1, 0.15) is 49.9 Å². The van der Waals surface area contributed by atoms with Crippen molar-refractivity contribution >= 4 is 30.4 Å². The van der Waals surface area contributed by atoms with Gasteiger partial charge in [-0.2, -0.15) is 0 Å². The highest BCUT2D eigenvalue weighted by Crippen LogP contribution is 2.52. The molecule has 0 saturated carbocycles. The summed E-state index contributed by atoms with van der Waals surface area (Å²) in [6, 6.07) is 40.6. The number of nitrogens with zero attached hydrogens (tertiary/aromatic N) is 1. The lowest BCUT2D eigenvalue weighted by atomic mass is 9.82. The minimum Gasteiger partial charge on any atom is -0.311 e. The van der Waals surface area contributed by atoms with E-state index >= 15 is 0 Å². The van der Waals surface area contributed by atoms with Crippen molar-refractivity contribution in [2.45, 2.75) is 38.5 Å². The van der Waals surface area contributed by atoms with Crippen molar-refractivity contribution in [1.29, 1.82) is 0 Å². The molecule has 2 aliphatic rings. The van der Waals surface area contributed by atoms with Crippen LogP contribution in [0.3, 0.4) is 0 Å². The van der Waals surface area contributed by atoms with E-state index in [1.165, 1.54) is 67.0 Å². The van der Waals surface area contributed by atoms with Crippen molar-refractivity contribution in [1.82, 2.24) is 0 Å². The van der Waals surface area contributed by atoms with Gasteiger partial charge in [-0.3, -0.25) is 0 Å². The molecule has 0 heterocycles. The Hall–Kier alpha value is -4.04. The van der Waals surface area contributed by atoms with E-state index in [-0.39, 0.29) is 10.8 Å². The summed E-state index contributed by atoms with van der Waals surface area (Å²) in [5, 5.41) is 0. The number of hydrogen-bond donors (Lipinski definition) is 0. The molecule has 0 aliphatic heterocycles. The maximum absolute atomic E-state index is 2.45. The first-order valence-corrected chi connectivity index (χ1v) is 13.6. The van der Waals surface area contributed by atoms with Crippen LogP contribution in [0.5, 0.6) is 0 Å². The first kappa shape index (κ1) is 23.1. The van der Waals surface area contributed by atoms with Gasteiger partial charge in [-0.1, -0.05) is 112 Å². The van der Waals surface area contributed by atoms with Crippen molar-refractivity contribution in [3.8, 4) is 22.3 Å². The van der Waals surface area contributed by atoms with Crippen LogP contribution < -0.4 is 10.4 Å². The summed E-state index contributed by atoms with van der Waals surface area (Å²) in [5.74, 6) is 0. The Bertz CT molecular complexity index is 1640. The van der Waals surface area contributed by atoms with Gasteiger partial charge in [0.25, 0.3) is 0 Å². The average molecular weight is 489 g/mol. The fourth-order valence-electron chi connectivity index (χ4n) is 6.90. The standard InChI is InChI=1S/C36H32BN/c1-35(2)29-13-7-5-11-25(29)27-19-17-23(21-31(27)35)38(34-16-10-9-15-33(34)37)24-18-20-28-26-12-6-8-14-30(26)36(3,4)32(28)22-24/h5-22H,37H2,1-4H3. The largest absolute Gasteiger partial charge is 0.311 e. The summed E-state index contributed by atoms with van der Waals surface area (Å²) in [5.41, 5.74) is 15.8. The van der Waals surface area contributed by atoms with Crippen LogP contribution in [0.15, 0.2) is 109 Å². The summed E-state index contributed by atoms with van der Waals surface area (Å²) in [6.45, 7) is 9.42. The molecule has 38 heavy (non-hydrogen) atoms. The maximum Gasteiger partial charge on any atom is 0.142 e. The summed E-state index contributed by atoms with van der Waals surface area (Å²) >= 11 is 0. The van der Waals surface area contributed by atoms with Crippen LogP contribution in [0.4, 0.5) is 17.1 Å². The second-order valence-electron chi connectivity index (χ2n) is 11.9. The van der Waals surface area contributed by atoms with E-state index in [1.54, 1.807) is 0 Å². The molecule has 1 nitrogen and oxygen atoms in total. The van der Waals surface area contributed by atoms with Crippen molar-refractivity contribution in [3.05, 3.63) is 131 Å². The smallest absolute Gasteiger partial charge is 0.142 e. The van der Waals surface area contributed by atoms with E-state index in [4.69, 9.17) is 0 Å². The third kappa shape index (κ3) is 3.13. The van der Waals surface area contributed by atoms with E-state index < -0.39 is 0 Å². The molecule has 2 aliphatic carbocycles. The lowest BCUT2D eigenvalue weighted by Gasteiger charge is -2.30. The number of fused-ring (bicyclic) bond motifs is 6. The minimum atomic E-state index is -0.0408. The molecule has 0 N–H and O–H groups in total. The second kappa shape index (κ2) is 7.98. The molecule has 0 radical (unpaired) electrons. The molecule has 0 amide bonds. The van der Waals surface area contributed by atoms with Gasteiger partial charge in [-0.05, 0) is 74.8 Å². The normalized spacial score (nSPS) is 15.4. The fraction of sp³-hybridized carbons (Fsp3) is 0.167. The summed E-state index contributed by atoms with van der Waals surface area (Å²) in [7, 11) is 2.21. The highest BCUT2D eigenvalue weighted by molar-refractivity contribution is 6.36. The van der Waals surface area contributed by atoms with Gasteiger partial charge in [0.15, 0.2) is 0 Å². The summed E-state index contributed by atoms with van der Waals surface area (Å²) in [6.07, 6.45) is 0. The molecule has 0 atom stereocenters. The van der Waals surface area contributed by atoms with Crippen molar-refractivity contribution in [2.75, 3.05) is 4.90 Å². The van der Waals surface area contributed by atoms with Gasteiger partial charge in [0, 0.05) is 27.9 Å². The Morgan fingerprint density at radius 1 is 0.474 bits per heavy atom. The van der Waals surface area contributed by atoms with Gasteiger partial charge in [0.1, 0.15) is 7.85 Å². The Kier molecular flexibility index (Phi) is 4.85. The number of rotatable bonds is 3. The van der Waals surface area contributed by atoms with Gasteiger partial charge >= 0.3 is 0 Å². The predicted molar refractivity (Wildman–Crippen MR) is 164 cm³/mol. The summed E-state index contributed by atoms with van der Waals surface area (Å²) < 4.78 is 0. The van der Waals surface area contributed by atoms with Crippen LogP contribution in [0.25, 0.3) is 22.3 Å². The molecule has 5 aromatic carbocycles. The maximum atomic E-state index is 2.45. The number of hydrogen-bond acceptors (Lipinski definition) is 1. The highest BCUT2D eigenvalue weighted by Gasteiger charge is 2.37. The lowest BCUT2D eigenvalue weighted by molar-refractivity contribution is 0.660. The topological polar surface area (TPSA) is 3.24 Å². The molecule has 0 saturated heterocycles. The van der Waals surface area contributed by atoms with Crippen LogP contribution in [0.2, 0.25) is 0 Å². The zero-order chi connectivity index (χ0) is 26.2. The molecule has 5 aromatic rings. The number of anilines is 3. The first-order chi connectivity index (χ1) is 18.3. The van der Waals surface area contributed by atoms with Gasteiger partial charge in [-0.25, -0.2) is 0 Å². The zero-order valence-electron chi connectivity index (χ0n) is 22.8. The first-order valence-electron chi connectivity index (χ1n) is 13.6. The van der Waals surface area contributed by atoms with E-state index in [0.29, 0.717) is 0 Å². The number of para-hydroxylation sites is 1. The zero-order valence-corrected chi connectivity index (χ0v) is 22.8. The van der Waals surface area contributed by atoms with E-state index in [9.17, 15) is 0 Å². The number of benzene rings is 5. The Labute approximate surface area is 227 Å². The van der Waals surface area contributed by atoms with Gasteiger partial charge in [0.05, 0.1) is 0 Å². The molecule has 2 heteroatoms. The van der Waals surface area contributed by atoms with Crippen molar-refractivity contribution in [2.24, 2.45) is 0 Å². The van der Waals surface area contributed by atoms with E-state index in [1.807, 2.05) is 0 Å². The third-order valence-corrected chi connectivity index (χ3v) is 9.01. The van der Waals surface area contributed by atoms with Gasteiger partial charge in [0.2, 0.25) is 0 Å². The van der Waals surface area contributed by atoms with Crippen LogP contribution in [0, 0.1) is 0 Å². The molecule has 0 spiro atoms. The van der Waals surface area contributed by atoms with Crippen molar-refractivity contribution in [3.63, 3.8) is 0 Å². The molecule has 0 aromatic heterocycles. The van der Waals surface area contributed by atoms with Gasteiger partial charge < -0.3 is 4.90 Å². The molecule has 0 unspecified atom stereocenters. The predicted octanol–water partition coefficient (Wildman–Crippen LogP) is 8.03. The quantitative estimate of drug-likeness (QED) is 0.232. The van der Waals surface area contributed by atoms with Crippen molar-refractivity contribution < 1.29 is 0 Å². The highest BCUT2D eigenvalue weighted by atomic mass is 15.1. The molecule has 184 valence electrons. The molecule has 0 bridgehead atoms. The third-order valence-electron chi connectivity index (χ3n) is 9.01. The van der Waals surface area contributed by atoms with Crippen LogP contribution >= 0.6 is 0 Å². The van der Waals surface area contributed by atoms with Crippen LogP contribution in [-0.2, 0) is 10.8 Å². The Morgan fingerprint density at radius 3 is 1.39 bits per heavy atom. The molecule has 0 fully saturated rings. The monoisotopic (exact) mass is 489 g/mol. The molecular weight excluding hydrogens is 457 g/mol.